The zero-order chi connectivity index (χ0) is 14.6. The molecule has 0 spiro atoms. The summed E-state index contributed by atoms with van der Waals surface area (Å²) < 4.78 is 25.4. The Bertz CT molecular complexity index is 819. The Hall–Kier alpha value is -2.46. The first kappa shape index (κ1) is 14.0. The van der Waals surface area contributed by atoms with Crippen molar-refractivity contribution in [3.63, 3.8) is 0 Å². The molecule has 102 valence electrons. The predicted molar refractivity (Wildman–Crippen MR) is 71.7 cm³/mol. The fourth-order valence-electron chi connectivity index (χ4n) is 1.64. The molecular weight excluding hydrogens is 278 g/mol. The van der Waals surface area contributed by atoms with Crippen LogP contribution in [0.25, 0.3) is 0 Å². The predicted octanol–water partition coefficient (Wildman–Crippen LogP) is 0.589. The minimum atomic E-state index is -3.56. The Labute approximate surface area is 115 Å². The zero-order valence-electron chi connectivity index (χ0n) is 10.4. The summed E-state index contributed by atoms with van der Waals surface area (Å²) in [6, 6.07) is 10.5. The van der Waals surface area contributed by atoms with Crippen LogP contribution in [0.15, 0.2) is 52.3 Å². The van der Waals surface area contributed by atoms with Crippen molar-refractivity contribution in [2.24, 2.45) is 0 Å². The third kappa shape index (κ3) is 3.10. The lowest BCUT2D eigenvalue weighted by Gasteiger charge is -2.06. The lowest BCUT2D eigenvalue weighted by molar-refractivity contribution is 0.571. The molecule has 2 rings (SSSR count). The molecule has 1 heterocycles. The maximum absolute atomic E-state index is 12.1. The van der Waals surface area contributed by atoms with E-state index in [0.717, 1.165) is 4.68 Å². The highest BCUT2D eigenvalue weighted by Gasteiger charge is 2.15. The smallest absolute Gasteiger partial charge is 0.266 e. The topological polar surface area (TPSA) is 92.8 Å². The number of hydrogen-bond acceptors (Lipinski definition) is 5. The van der Waals surface area contributed by atoms with E-state index in [2.05, 4.69) is 5.10 Å². The van der Waals surface area contributed by atoms with Gasteiger partial charge in [-0.25, -0.2) is 13.1 Å². The number of rotatable bonds is 4. The first-order chi connectivity index (χ1) is 9.53. The maximum atomic E-state index is 12.1. The average Bonchev–Trinajstić information content (AvgIpc) is 2.46. The van der Waals surface area contributed by atoms with Crippen molar-refractivity contribution in [3.8, 4) is 6.07 Å². The standard InChI is InChI=1S/C13H11N3O3S/c14-10-11-3-1-4-12(9-11)20(18,19)8-7-16-13(17)5-2-6-15-16/h1-6,9H,7-8H2. The molecule has 0 aliphatic rings. The molecule has 7 heteroatoms. The Kier molecular flexibility index (Phi) is 3.96. The molecule has 1 aromatic carbocycles. The van der Waals surface area contributed by atoms with Crippen LogP contribution in [0.3, 0.4) is 0 Å². The molecule has 0 saturated heterocycles. The average molecular weight is 289 g/mol. The number of sulfone groups is 1. The van der Waals surface area contributed by atoms with Crippen LogP contribution in [-0.4, -0.2) is 24.0 Å². The second-order valence-electron chi connectivity index (χ2n) is 4.04. The molecule has 0 unspecified atom stereocenters. The highest BCUT2D eigenvalue weighted by Crippen LogP contribution is 2.13. The van der Waals surface area contributed by atoms with Crippen LogP contribution in [0.4, 0.5) is 0 Å². The summed E-state index contributed by atoms with van der Waals surface area (Å²) in [4.78, 5) is 11.5. The van der Waals surface area contributed by atoms with E-state index in [9.17, 15) is 13.2 Å². The lowest BCUT2D eigenvalue weighted by Crippen LogP contribution is -2.25. The van der Waals surface area contributed by atoms with Crippen LogP contribution in [-0.2, 0) is 16.4 Å². The van der Waals surface area contributed by atoms with Gasteiger partial charge in [-0.05, 0) is 24.3 Å². The van der Waals surface area contributed by atoms with Crippen LogP contribution in [0.5, 0.6) is 0 Å². The van der Waals surface area contributed by atoms with Crippen LogP contribution < -0.4 is 5.56 Å². The molecule has 0 radical (unpaired) electrons. The first-order valence-electron chi connectivity index (χ1n) is 5.78. The van der Waals surface area contributed by atoms with Crippen LogP contribution in [0.2, 0.25) is 0 Å². The minimum Gasteiger partial charge on any atom is -0.268 e. The highest BCUT2D eigenvalue weighted by atomic mass is 32.2. The highest BCUT2D eigenvalue weighted by molar-refractivity contribution is 7.91. The largest absolute Gasteiger partial charge is 0.268 e. The quantitative estimate of drug-likeness (QED) is 0.821. The third-order valence-corrected chi connectivity index (χ3v) is 4.37. The lowest BCUT2D eigenvalue weighted by atomic mass is 10.2. The van der Waals surface area contributed by atoms with Gasteiger partial charge in [-0.3, -0.25) is 4.79 Å². The van der Waals surface area contributed by atoms with Gasteiger partial charge >= 0.3 is 0 Å². The van der Waals surface area contributed by atoms with Crippen molar-refractivity contribution in [2.75, 3.05) is 5.75 Å². The third-order valence-electron chi connectivity index (χ3n) is 2.68. The minimum absolute atomic E-state index is 0.0290. The molecule has 1 aromatic heterocycles. The number of benzene rings is 1. The Morgan fingerprint density at radius 2 is 2.05 bits per heavy atom. The maximum Gasteiger partial charge on any atom is 0.266 e. The molecule has 0 N–H and O–H groups in total. The van der Waals surface area contributed by atoms with Gasteiger partial charge in [0.15, 0.2) is 9.84 Å². The molecule has 0 aliphatic carbocycles. The SMILES string of the molecule is N#Cc1cccc(S(=O)(=O)CCn2ncccc2=O)c1. The van der Waals surface area contributed by atoms with Crippen molar-refractivity contribution in [2.45, 2.75) is 11.4 Å². The molecule has 0 bridgehead atoms. The van der Waals surface area contributed by atoms with Crippen molar-refractivity contribution in [3.05, 3.63) is 58.5 Å². The summed E-state index contributed by atoms with van der Waals surface area (Å²) in [5.41, 5.74) is -0.0745. The van der Waals surface area contributed by atoms with E-state index in [1.165, 1.54) is 42.6 Å². The Balaban J connectivity index is 2.22. The summed E-state index contributed by atoms with van der Waals surface area (Å²) >= 11 is 0. The van der Waals surface area contributed by atoms with Gasteiger partial charge < -0.3 is 0 Å². The Morgan fingerprint density at radius 1 is 1.25 bits per heavy atom. The van der Waals surface area contributed by atoms with Crippen LogP contribution in [0.1, 0.15) is 5.56 Å². The van der Waals surface area contributed by atoms with Crippen LogP contribution >= 0.6 is 0 Å². The van der Waals surface area contributed by atoms with Gasteiger partial charge in [0, 0.05) is 12.3 Å². The van der Waals surface area contributed by atoms with Gasteiger partial charge in [-0.15, -0.1) is 0 Å². The van der Waals surface area contributed by atoms with Crippen molar-refractivity contribution < 1.29 is 8.42 Å². The molecule has 0 saturated carbocycles. The molecule has 0 fully saturated rings. The van der Waals surface area contributed by atoms with E-state index in [0.29, 0.717) is 0 Å². The molecule has 6 nitrogen and oxygen atoms in total. The van der Waals surface area contributed by atoms with Gasteiger partial charge in [-0.1, -0.05) is 6.07 Å². The molecule has 20 heavy (non-hydrogen) atoms. The van der Waals surface area contributed by atoms with Crippen molar-refractivity contribution in [1.29, 1.82) is 5.26 Å². The van der Waals surface area contributed by atoms with Crippen molar-refractivity contribution in [1.82, 2.24) is 9.78 Å². The molecule has 0 amide bonds. The van der Waals surface area contributed by atoms with E-state index in [-0.39, 0.29) is 28.3 Å². The van der Waals surface area contributed by atoms with Gasteiger partial charge in [0.05, 0.1) is 28.8 Å². The summed E-state index contributed by atoms with van der Waals surface area (Å²) in [7, 11) is -3.56. The van der Waals surface area contributed by atoms with Gasteiger partial charge in [0.2, 0.25) is 0 Å². The molecule has 2 aromatic rings. The molecule has 0 aliphatic heterocycles. The van der Waals surface area contributed by atoms with Crippen LogP contribution in [0, 0.1) is 11.3 Å². The number of nitrogens with zero attached hydrogens (tertiary/aromatic N) is 3. The molecular formula is C13H11N3O3S. The number of aryl methyl sites for hydroxylation is 1. The normalized spacial score (nSPS) is 10.9. The number of hydrogen-bond donors (Lipinski definition) is 0. The summed E-state index contributed by atoms with van der Waals surface area (Å²) in [5, 5.41) is 12.6. The van der Waals surface area contributed by atoms with E-state index < -0.39 is 9.84 Å². The molecule has 0 atom stereocenters. The van der Waals surface area contributed by atoms with E-state index in [4.69, 9.17) is 5.26 Å². The number of nitriles is 1. The van der Waals surface area contributed by atoms with E-state index >= 15 is 0 Å². The van der Waals surface area contributed by atoms with E-state index in [1.807, 2.05) is 6.07 Å². The Morgan fingerprint density at radius 3 is 2.75 bits per heavy atom. The van der Waals surface area contributed by atoms with Gasteiger partial charge in [0.25, 0.3) is 5.56 Å². The second kappa shape index (κ2) is 5.67. The summed E-state index contributed by atoms with van der Waals surface area (Å²) in [6.07, 6.45) is 1.42. The van der Waals surface area contributed by atoms with Gasteiger partial charge in [0.1, 0.15) is 0 Å². The number of aromatic nitrogens is 2. The fourth-order valence-corrected chi connectivity index (χ4v) is 2.88. The summed E-state index contributed by atoms with van der Waals surface area (Å²) in [6.45, 7) is -0.0290. The second-order valence-corrected chi connectivity index (χ2v) is 6.15. The summed E-state index contributed by atoms with van der Waals surface area (Å²) in [5.74, 6) is -0.251. The van der Waals surface area contributed by atoms with E-state index in [1.54, 1.807) is 0 Å². The monoisotopic (exact) mass is 289 g/mol. The fraction of sp³-hybridized carbons (Fsp3) is 0.154. The van der Waals surface area contributed by atoms with Crippen molar-refractivity contribution >= 4 is 9.84 Å². The zero-order valence-corrected chi connectivity index (χ0v) is 11.2. The van der Waals surface area contributed by atoms with Gasteiger partial charge in [-0.2, -0.15) is 10.4 Å². The first-order valence-corrected chi connectivity index (χ1v) is 7.43.